The van der Waals surface area contributed by atoms with Crippen molar-refractivity contribution in [3.63, 3.8) is 0 Å². The van der Waals surface area contributed by atoms with Gasteiger partial charge in [0.15, 0.2) is 0 Å². The molecule has 4 nitrogen and oxygen atoms in total. The van der Waals surface area contributed by atoms with Gasteiger partial charge in [-0.15, -0.1) is 0 Å². The summed E-state index contributed by atoms with van der Waals surface area (Å²) in [6.07, 6.45) is -4.29. The van der Waals surface area contributed by atoms with E-state index in [0.29, 0.717) is 4.90 Å². The van der Waals surface area contributed by atoms with Gasteiger partial charge in [0.05, 0.1) is 24.6 Å². The lowest BCUT2D eigenvalue weighted by molar-refractivity contribution is -0.187. The summed E-state index contributed by atoms with van der Waals surface area (Å²) < 4.78 is 55.4. The highest BCUT2D eigenvalue weighted by Crippen LogP contribution is 2.27. The number of hydrogen-bond acceptors (Lipinski definition) is 3. The number of carbonyl (C=O) groups excluding carboxylic acids is 2. The quantitative estimate of drug-likeness (QED) is 0.557. The van der Waals surface area contributed by atoms with Gasteiger partial charge in [0.25, 0.3) is 5.91 Å². The molecule has 0 aromatic carbocycles. The Labute approximate surface area is 115 Å². The lowest BCUT2D eigenvalue weighted by atomic mass is 10.1. The Morgan fingerprint density at radius 2 is 2.05 bits per heavy atom. The molecule has 1 aliphatic heterocycles. The van der Waals surface area contributed by atoms with Crippen LogP contribution in [0.1, 0.15) is 6.42 Å². The second-order valence-electron chi connectivity index (χ2n) is 4.03. The number of Topliss-reactive ketones (excluding diaryl/α,β-unsaturated/α-hetero) is 1. The first-order valence-corrected chi connectivity index (χ1v) is 6.55. The predicted molar refractivity (Wildman–Crippen MR) is 60.7 cm³/mol. The van der Waals surface area contributed by atoms with Gasteiger partial charge >= 0.3 is 12.3 Å². The number of rotatable bonds is 5. The third-order valence-corrected chi connectivity index (χ3v) is 3.29. The van der Waals surface area contributed by atoms with Gasteiger partial charge in [0.1, 0.15) is 5.78 Å². The van der Waals surface area contributed by atoms with Crippen molar-refractivity contribution < 1.29 is 31.9 Å². The molecule has 0 aromatic heterocycles. The number of hydrogen-bond donors (Lipinski definition) is 0. The summed E-state index contributed by atoms with van der Waals surface area (Å²) in [5.74, 6) is -7.03. The standard InChI is InChI=1S/C10H12BrF4NO3/c11-4-7(17)3-6-5-19-2-1-16(6)9(18)10(14,15)8(12)13/h6,8H,1-5H2. The van der Waals surface area contributed by atoms with Crippen LogP contribution in [-0.2, 0) is 14.3 Å². The van der Waals surface area contributed by atoms with Gasteiger partial charge in [0.2, 0.25) is 0 Å². The van der Waals surface area contributed by atoms with Crippen molar-refractivity contribution >= 4 is 27.6 Å². The summed E-state index contributed by atoms with van der Waals surface area (Å²) in [5.41, 5.74) is 0. The second kappa shape index (κ2) is 6.65. The normalized spacial score (nSPS) is 20.7. The molecular weight excluding hydrogens is 338 g/mol. The van der Waals surface area contributed by atoms with Crippen molar-refractivity contribution in [2.45, 2.75) is 24.8 Å². The van der Waals surface area contributed by atoms with Crippen LogP contribution in [0.5, 0.6) is 0 Å². The fourth-order valence-corrected chi connectivity index (χ4v) is 1.92. The zero-order chi connectivity index (χ0) is 14.6. The van der Waals surface area contributed by atoms with Gasteiger partial charge in [0, 0.05) is 13.0 Å². The molecule has 110 valence electrons. The van der Waals surface area contributed by atoms with E-state index < -0.39 is 24.3 Å². The van der Waals surface area contributed by atoms with Crippen molar-refractivity contribution in [3.8, 4) is 0 Å². The second-order valence-corrected chi connectivity index (χ2v) is 4.59. The Morgan fingerprint density at radius 3 is 2.58 bits per heavy atom. The van der Waals surface area contributed by atoms with Crippen molar-refractivity contribution in [1.82, 2.24) is 4.90 Å². The molecule has 0 aliphatic carbocycles. The van der Waals surface area contributed by atoms with Gasteiger partial charge in [-0.1, -0.05) is 15.9 Å². The number of halogens is 5. The van der Waals surface area contributed by atoms with Crippen molar-refractivity contribution in [3.05, 3.63) is 0 Å². The molecule has 0 N–H and O–H groups in total. The highest BCUT2D eigenvalue weighted by atomic mass is 79.9. The molecule has 1 amide bonds. The van der Waals surface area contributed by atoms with E-state index in [1.807, 2.05) is 0 Å². The van der Waals surface area contributed by atoms with E-state index >= 15 is 0 Å². The van der Waals surface area contributed by atoms with E-state index in [0.717, 1.165) is 0 Å². The lowest BCUT2D eigenvalue weighted by Gasteiger charge is -2.36. The molecule has 1 atom stereocenters. The minimum atomic E-state index is -4.74. The third kappa shape index (κ3) is 3.88. The topological polar surface area (TPSA) is 46.6 Å². The SMILES string of the molecule is O=C(CBr)CC1COCCN1C(=O)C(F)(F)C(F)F. The highest BCUT2D eigenvalue weighted by Gasteiger charge is 2.52. The summed E-state index contributed by atoms with van der Waals surface area (Å²) >= 11 is 2.90. The molecule has 1 fully saturated rings. The van der Waals surface area contributed by atoms with E-state index in [2.05, 4.69) is 15.9 Å². The van der Waals surface area contributed by atoms with Crippen molar-refractivity contribution in [2.75, 3.05) is 25.1 Å². The maximum absolute atomic E-state index is 13.0. The van der Waals surface area contributed by atoms with Gasteiger partial charge in [-0.2, -0.15) is 8.78 Å². The molecule has 19 heavy (non-hydrogen) atoms. The van der Waals surface area contributed by atoms with E-state index in [1.165, 1.54) is 0 Å². The molecular formula is C10H12BrF4NO3. The van der Waals surface area contributed by atoms with Crippen LogP contribution in [0, 0.1) is 0 Å². The monoisotopic (exact) mass is 349 g/mol. The van der Waals surface area contributed by atoms with E-state index in [4.69, 9.17) is 4.74 Å². The van der Waals surface area contributed by atoms with Gasteiger partial charge in [-0.05, 0) is 0 Å². The molecule has 0 spiro atoms. The highest BCUT2D eigenvalue weighted by molar-refractivity contribution is 9.09. The van der Waals surface area contributed by atoms with Crippen LogP contribution in [0.2, 0.25) is 0 Å². The molecule has 0 saturated carbocycles. The zero-order valence-corrected chi connectivity index (χ0v) is 11.3. The van der Waals surface area contributed by atoms with Crippen molar-refractivity contribution in [1.29, 1.82) is 0 Å². The van der Waals surface area contributed by atoms with Gasteiger partial charge in [-0.25, -0.2) is 8.78 Å². The lowest BCUT2D eigenvalue weighted by Crippen LogP contribution is -2.56. The average molecular weight is 350 g/mol. The van der Waals surface area contributed by atoms with E-state index in [1.54, 1.807) is 0 Å². The number of carbonyl (C=O) groups is 2. The Kier molecular flexibility index (Phi) is 5.72. The fourth-order valence-electron chi connectivity index (χ4n) is 1.69. The Hall–Kier alpha value is -0.700. The average Bonchev–Trinajstić information content (AvgIpc) is 2.38. The third-order valence-electron chi connectivity index (χ3n) is 2.66. The molecule has 0 bridgehead atoms. The van der Waals surface area contributed by atoms with Crippen LogP contribution in [0.4, 0.5) is 17.6 Å². The molecule has 1 unspecified atom stereocenters. The molecule has 1 heterocycles. The molecule has 0 aromatic rings. The largest absolute Gasteiger partial charge is 0.383 e. The summed E-state index contributed by atoms with van der Waals surface area (Å²) in [7, 11) is 0. The summed E-state index contributed by atoms with van der Waals surface area (Å²) in [6, 6.07) is -0.934. The molecule has 1 rings (SSSR count). The first-order chi connectivity index (χ1) is 8.80. The van der Waals surface area contributed by atoms with E-state index in [9.17, 15) is 27.2 Å². The van der Waals surface area contributed by atoms with Crippen LogP contribution in [-0.4, -0.2) is 60.1 Å². The number of nitrogens with zero attached hydrogens (tertiary/aromatic N) is 1. The Balaban J connectivity index is 2.82. The number of alkyl halides is 5. The summed E-state index contributed by atoms with van der Waals surface area (Å²) in [6.45, 7) is -0.380. The van der Waals surface area contributed by atoms with Crippen molar-refractivity contribution in [2.24, 2.45) is 0 Å². The fraction of sp³-hybridized carbons (Fsp3) is 0.800. The Morgan fingerprint density at radius 1 is 1.42 bits per heavy atom. The number of ketones is 1. The smallest absolute Gasteiger partial charge is 0.377 e. The van der Waals surface area contributed by atoms with E-state index in [-0.39, 0.29) is 37.3 Å². The predicted octanol–water partition coefficient (Wildman–Crippen LogP) is 1.47. The minimum absolute atomic E-state index is 0.00320. The van der Waals surface area contributed by atoms with Gasteiger partial charge in [-0.3, -0.25) is 9.59 Å². The van der Waals surface area contributed by atoms with Crippen LogP contribution in [0.3, 0.4) is 0 Å². The molecule has 1 saturated heterocycles. The summed E-state index contributed by atoms with van der Waals surface area (Å²) in [4.78, 5) is 23.3. The first-order valence-electron chi connectivity index (χ1n) is 5.43. The molecule has 0 radical (unpaired) electrons. The molecule has 1 aliphatic rings. The first kappa shape index (κ1) is 16.4. The van der Waals surface area contributed by atoms with Gasteiger partial charge < -0.3 is 9.64 Å². The minimum Gasteiger partial charge on any atom is -0.377 e. The zero-order valence-electron chi connectivity index (χ0n) is 9.75. The number of ether oxygens (including phenoxy) is 1. The van der Waals surface area contributed by atoms with Crippen LogP contribution in [0.25, 0.3) is 0 Å². The van der Waals surface area contributed by atoms with Crippen LogP contribution in [0.15, 0.2) is 0 Å². The molecule has 9 heteroatoms. The summed E-state index contributed by atoms with van der Waals surface area (Å²) in [5, 5.41) is -0.00320. The Bertz CT molecular complexity index is 354. The maximum atomic E-state index is 13.0. The number of amides is 1. The number of morpholine rings is 1. The van der Waals surface area contributed by atoms with Crippen LogP contribution >= 0.6 is 15.9 Å². The maximum Gasteiger partial charge on any atom is 0.383 e. The van der Waals surface area contributed by atoms with Crippen LogP contribution < -0.4 is 0 Å².